The highest BCUT2D eigenvalue weighted by molar-refractivity contribution is 6.30. The third kappa shape index (κ3) is 5.82. The van der Waals surface area contributed by atoms with Gasteiger partial charge in [-0.05, 0) is 62.0 Å². The van der Waals surface area contributed by atoms with E-state index in [9.17, 15) is 9.90 Å². The van der Waals surface area contributed by atoms with Gasteiger partial charge in [-0.2, -0.15) is 0 Å². The molecule has 1 fully saturated rings. The standard InChI is InChI=1S/C31H30ClN7O3/c1-38-18-22(36-31(41)26-16-21(32)9-12-33-26)17-23(19-38)39-27-15-20(29-34-10-4-11-35-29)7-8-25(27)37-30(39)24-5-2-3-6-28(24)42-14-13-40/h2-12,15-16,22-23,40H,13-14,17-19H2,1H3,(H,36,41). The molecule has 6 rings (SSSR count). The minimum absolute atomic E-state index is 0.0424. The van der Waals surface area contributed by atoms with E-state index in [1.807, 2.05) is 43.4 Å². The lowest BCUT2D eigenvalue weighted by molar-refractivity contribution is 0.0889. The maximum Gasteiger partial charge on any atom is 0.270 e. The van der Waals surface area contributed by atoms with Gasteiger partial charge in [0.05, 0.1) is 29.2 Å². The molecule has 2 atom stereocenters. The van der Waals surface area contributed by atoms with Gasteiger partial charge in [-0.1, -0.05) is 23.7 Å². The number of nitrogens with one attached hydrogen (secondary N) is 1. The number of hydrogen-bond donors (Lipinski definition) is 2. The number of fused-ring (bicyclic) bond motifs is 1. The zero-order valence-electron chi connectivity index (χ0n) is 23.0. The second-order valence-electron chi connectivity index (χ2n) is 10.3. The molecule has 5 aromatic rings. The van der Waals surface area contributed by atoms with Crippen molar-refractivity contribution in [1.29, 1.82) is 0 Å². The van der Waals surface area contributed by atoms with Crippen LogP contribution in [0.1, 0.15) is 23.0 Å². The molecule has 1 amide bonds. The zero-order chi connectivity index (χ0) is 29.1. The maximum atomic E-state index is 13.1. The molecule has 2 aromatic carbocycles. The summed E-state index contributed by atoms with van der Waals surface area (Å²) >= 11 is 6.11. The van der Waals surface area contributed by atoms with E-state index in [0.717, 1.165) is 34.5 Å². The Labute approximate surface area is 248 Å². The summed E-state index contributed by atoms with van der Waals surface area (Å²) in [6, 6.07) is 18.5. The van der Waals surface area contributed by atoms with Crippen LogP contribution in [0.2, 0.25) is 5.02 Å². The van der Waals surface area contributed by atoms with Gasteiger partial charge in [0.15, 0.2) is 5.82 Å². The lowest BCUT2D eigenvalue weighted by Gasteiger charge is -2.37. The molecule has 11 heteroatoms. The topological polar surface area (TPSA) is 118 Å². The molecule has 0 radical (unpaired) electrons. The lowest BCUT2D eigenvalue weighted by atomic mass is 9.99. The molecule has 42 heavy (non-hydrogen) atoms. The monoisotopic (exact) mass is 583 g/mol. The van der Waals surface area contributed by atoms with Crippen LogP contribution in [-0.4, -0.2) is 79.8 Å². The smallest absolute Gasteiger partial charge is 0.270 e. The highest BCUT2D eigenvalue weighted by Crippen LogP contribution is 2.37. The van der Waals surface area contributed by atoms with Crippen LogP contribution in [0, 0.1) is 0 Å². The predicted octanol–water partition coefficient (Wildman–Crippen LogP) is 4.26. The number of amides is 1. The molecule has 10 nitrogen and oxygen atoms in total. The lowest BCUT2D eigenvalue weighted by Crippen LogP contribution is -2.50. The summed E-state index contributed by atoms with van der Waals surface area (Å²) in [5.74, 6) is 1.74. The van der Waals surface area contributed by atoms with Gasteiger partial charge >= 0.3 is 0 Å². The Morgan fingerprint density at radius 1 is 1.05 bits per heavy atom. The molecule has 0 saturated carbocycles. The molecule has 1 aliphatic heterocycles. The van der Waals surface area contributed by atoms with Crippen molar-refractivity contribution in [3.05, 3.63) is 90.0 Å². The molecule has 3 aromatic heterocycles. The molecule has 0 bridgehead atoms. The van der Waals surface area contributed by atoms with Gasteiger partial charge in [-0.15, -0.1) is 0 Å². The quantitative estimate of drug-likeness (QED) is 0.278. The summed E-state index contributed by atoms with van der Waals surface area (Å²) in [7, 11) is 2.04. The van der Waals surface area contributed by atoms with Crippen molar-refractivity contribution < 1.29 is 14.6 Å². The number of carbonyl (C=O) groups is 1. The maximum absolute atomic E-state index is 13.1. The third-order valence-electron chi connectivity index (χ3n) is 7.26. The second-order valence-corrected chi connectivity index (χ2v) is 10.7. The molecule has 0 spiro atoms. The fourth-order valence-electron chi connectivity index (χ4n) is 5.54. The van der Waals surface area contributed by atoms with Crippen LogP contribution in [0.25, 0.3) is 33.8 Å². The first-order chi connectivity index (χ1) is 20.5. The Morgan fingerprint density at radius 3 is 2.69 bits per heavy atom. The van der Waals surface area contributed by atoms with Gasteiger partial charge < -0.3 is 24.6 Å². The van der Waals surface area contributed by atoms with Gasteiger partial charge in [0.25, 0.3) is 5.91 Å². The minimum Gasteiger partial charge on any atom is -0.490 e. The van der Waals surface area contributed by atoms with E-state index in [2.05, 4.69) is 35.8 Å². The second kappa shape index (κ2) is 12.2. The first-order valence-electron chi connectivity index (χ1n) is 13.7. The summed E-state index contributed by atoms with van der Waals surface area (Å²) < 4.78 is 8.15. The van der Waals surface area contributed by atoms with E-state index in [4.69, 9.17) is 21.3 Å². The Bertz CT molecular complexity index is 1710. The number of aliphatic hydroxyl groups is 1. The molecule has 1 aliphatic rings. The number of nitrogens with zero attached hydrogens (tertiary/aromatic N) is 6. The van der Waals surface area contributed by atoms with Gasteiger partial charge in [0.1, 0.15) is 23.9 Å². The molecule has 214 valence electrons. The summed E-state index contributed by atoms with van der Waals surface area (Å²) in [5.41, 5.74) is 3.72. The third-order valence-corrected chi connectivity index (χ3v) is 7.49. The average molecular weight is 584 g/mol. The normalized spacial score (nSPS) is 17.3. The molecular formula is C31H30ClN7O3. The number of benzene rings is 2. The first-order valence-corrected chi connectivity index (χ1v) is 14.1. The Hall–Kier alpha value is -4.38. The highest BCUT2D eigenvalue weighted by atomic mass is 35.5. The number of likely N-dealkylation sites (N-methyl/N-ethyl adjacent to an activating group) is 1. The predicted molar refractivity (Wildman–Crippen MR) is 160 cm³/mol. The van der Waals surface area contributed by atoms with Crippen LogP contribution >= 0.6 is 11.6 Å². The van der Waals surface area contributed by atoms with Crippen molar-refractivity contribution >= 4 is 28.5 Å². The molecule has 2 N–H and O–H groups in total. The average Bonchev–Trinajstić information content (AvgIpc) is 3.39. The summed E-state index contributed by atoms with van der Waals surface area (Å²) in [5, 5.41) is 13.0. The fourth-order valence-corrected chi connectivity index (χ4v) is 5.70. The fraction of sp³-hybridized carbons (Fsp3) is 0.258. The van der Waals surface area contributed by atoms with E-state index in [1.54, 1.807) is 30.6 Å². The van der Waals surface area contributed by atoms with Crippen molar-refractivity contribution in [3.63, 3.8) is 0 Å². The number of aliphatic hydroxyl groups excluding tert-OH is 1. The van der Waals surface area contributed by atoms with Crippen molar-refractivity contribution in [2.24, 2.45) is 0 Å². The van der Waals surface area contributed by atoms with Gasteiger partial charge in [-0.3, -0.25) is 9.78 Å². The number of imidazole rings is 1. The van der Waals surface area contributed by atoms with E-state index < -0.39 is 0 Å². The largest absolute Gasteiger partial charge is 0.490 e. The number of halogens is 1. The summed E-state index contributed by atoms with van der Waals surface area (Å²) in [6.45, 7) is 1.50. The number of para-hydroxylation sites is 1. The Kier molecular flexibility index (Phi) is 8.09. The number of ether oxygens (including phenoxy) is 1. The highest BCUT2D eigenvalue weighted by Gasteiger charge is 2.31. The molecule has 4 heterocycles. The van der Waals surface area contributed by atoms with Gasteiger partial charge in [0, 0.05) is 48.3 Å². The van der Waals surface area contributed by atoms with Crippen molar-refractivity contribution in [1.82, 2.24) is 34.7 Å². The Balaban J connectivity index is 1.43. The van der Waals surface area contributed by atoms with Crippen LogP contribution in [0.15, 0.2) is 79.3 Å². The van der Waals surface area contributed by atoms with Crippen LogP contribution < -0.4 is 10.1 Å². The van der Waals surface area contributed by atoms with Crippen LogP contribution in [0.5, 0.6) is 5.75 Å². The SMILES string of the molecule is CN1CC(NC(=O)c2cc(Cl)ccn2)CC(n2c(-c3ccccc3OCCO)nc3ccc(-c4ncccn4)cc32)C1. The number of piperidine rings is 1. The van der Waals surface area contributed by atoms with Crippen LogP contribution in [0.4, 0.5) is 0 Å². The van der Waals surface area contributed by atoms with Gasteiger partial charge in [-0.25, -0.2) is 15.0 Å². The van der Waals surface area contributed by atoms with E-state index >= 15 is 0 Å². The van der Waals surface area contributed by atoms with E-state index in [0.29, 0.717) is 29.6 Å². The van der Waals surface area contributed by atoms with Gasteiger partial charge in [0.2, 0.25) is 0 Å². The number of likely N-dealkylation sites (tertiary alicyclic amines) is 1. The Morgan fingerprint density at radius 2 is 1.88 bits per heavy atom. The van der Waals surface area contributed by atoms with Crippen molar-refractivity contribution in [2.75, 3.05) is 33.4 Å². The zero-order valence-corrected chi connectivity index (χ0v) is 23.8. The number of pyridine rings is 1. The number of hydrogen-bond acceptors (Lipinski definition) is 8. The molecule has 1 saturated heterocycles. The summed E-state index contributed by atoms with van der Waals surface area (Å²) in [4.78, 5) is 33.5. The first kappa shape index (κ1) is 27.8. The number of carbonyl (C=O) groups excluding carboxylic acids is 1. The number of aromatic nitrogens is 5. The van der Waals surface area contributed by atoms with E-state index in [-0.39, 0.29) is 36.9 Å². The number of rotatable bonds is 8. The van der Waals surface area contributed by atoms with E-state index in [1.165, 1.54) is 6.20 Å². The van der Waals surface area contributed by atoms with Crippen molar-refractivity contribution in [2.45, 2.75) is 18.5 Å². The molecule has 0 aliphatic carbocycles. The van der Waals surface area contributed by atoms with Crippen LogP contribution in [0.3, 0.4) is 0 Å². The minimum atomic E-state index is -0.265. The summed E-state index contributed by atoms with van der Waals surface area (Å²) in [6.07, 6.45) is 5.65. The molecular weight excluding hydrogens is 554 g/mol. The van der Waals surface area contributed by atoms with Crippen LogP contribution in [-0.2, 0) is 0 Å². The molecule has 2 unspecified atom stereocenters. The van der Waals surface area contributed by atoms with Crippen molar-refractivity contribution in [3.8, 4) is 28.5 Å².